The topological polar surface area (TPSA) is 37.8 Å². The van der Waals surface area contributed by atoms with Gasteiger partial charge >= 0.3 is 0 Å². The van der Waals surface area contributed by atoms with Crippen LogP contribution < -0.4 is 5.32 Å². The summed E-state index contributed by atoms with van der Waals surface area (Å²) in [6.45, 7) is 2.24. The average Bonchev–Trinajstić information content (AvgIpc) is 2.15. The molecule has 0 amide bonds. The SMILES string of the molecule is CSc1cc(NC(C)C2CCC2)ncn1. The van der Waals surface area contributed by atoms with Crippen LogP contribution in [0.1, 0.15) is 26.2 Å². The fraction of sp³-hybridized carbons (Fsp3) is 0.636. The summed E-state index contributed by atoms with van der Waals surface area (Å²) in [5, 5.41) is 4.48. The smallest absolute Gasteiger partial charge is 0.130 e. The lowest BCUT2D eigenvalue weighted by Gasteiger charge is -2.32. The van der Waals surface area contributed by atoms with E-state index in [1.807, 2.05) is 12.3 Å². The second kappa shape index (κ2) is 4.84. The average molecular weight is 223 g/mol. The molecule has 0 bridgehead atoms. The number of aromatic nitrogens is 2. The van der Waals surface area contributed by atoms with E-state index in [0.29, 0.717) is 6.04 Å². The summed E-state index contributed by atoms with van der Waals surface area (Å²) in [7, 11) is 0. The van der Waals surface area contributed by atoms with Crippen molar-refractivity contribution in [2.45, 2.75) is 37.3 Å². The van der Waals surface area contributed by atoms with Crippen molar-refractivity contribution in [3.63, 3.8) is 0 Å². The van der Waals surface area contributed by atoms with E-state index in [9.17, 15) is 0 Å². The summed E-state index contributed by atoms with van der Waals surface area (Å²) in [6, 6.07) is 2.54. The van der Waals surface area contributed by atoms with Gasteiger partial charge < -0.3 is 5.32 Å². The summed E-state index contributed by atoms with van der Waals surface area (Å²) < 4.78 is 0. The molecule has 1 aliphatic carbocycles. The molecule has 1 unspecified atom stereocenters. The van der Waals surface area contributed by atoms with E-state index in [0.717, 1.165) is 16.8 Å². The van der Waals surface area contributed by atoms with Gasteiger partial charge in [0.2, 0.25) is 0 Å². The maximum atomic E-state index is 4.23. The number of hydrogen-bond donors (Lipinski definition) is 1. The Morgan fingerprint density at radius 3 is 2.87 bits per heavy atom. The van der Waals surface area contributed by atoms with Crippen LogP contribution in [-0.4, -0.2) is 22.3 Å². The van der Waals surface area contributed by atoms with Crippen LogP contribution in [-0.2, 0) is 0 Å². The third kappa shape index (κ3) is 2.62. The zero-order valence-electron chi connectivity index (χ0n) is 9.23. The predicted octanol–water partition coefficient (Wildman–Crippen LogP) is 2.80. The molecule has 2 rings (SSSR count). The molecular formula is C11H17N3S. The van der Waals surface area contributed by atoms with Crippen molar-refractivity contribution < 1.29 is 0 Å². The van der Waals surface area contributed by atoms with Gasteiger partial charge in [0, 0.05) is 12.1 Å². The van der Waals surface area contributed by atoms with Crippen molar-refractivity contribution in [3.8, 4) is 0 Å². The first kappa shape index (κ1) is 10.7. The van der Waals surface area contributed by atoms with Crippen LogP contribution in [0.2, 0.25) is 0 Å². The molecule has 1 atom stereocenters. The largest absolute Gasteiger partial charge is 0.367 e. The van der Waals surface area contributed by atoms with Crippen LogP contribution in [0.15, 0.2) is 17.4 Å². The Hall–Kier alpha value is -0.770. The third-order valence-electron chi connectivity index (χ3n) is 3.08. The Morgan fingerprint density at radius 2 is 2.27 bits per heavy atom. The Balaban J connectivity index is 1.96. The zero-order chi connectivity index (χ0) is 10.7. The van der Waals surface area contributed by atoms with Crippen molar-refractivity contribution >= 4 is 17.6 Å². The molecule has 1 aliphatic rings. The lowest BCUT2D eigenvalue weighted by atomic mass is 9.80. The molecular weight excluding hydrogens is 206 g/mol. The highest BCUT2D eigenvalue weighted by Gasteiger charge is 2.23. The molecule has 3 nitrogen and oxygen atoms in total. The van der Waals surface area contributed by atoms with Crippen LogP contribution >= 0.6 is 11.8 Å². The lowest BCUT2D eigenvalue weighted by Crippen LogP contribution is -2.31. The lowest BCUT2D eigenvalue weighted by molar-refractivity contribution is 0.285. The van der Waals surface area contributed by atoms with Crippen molar-refractivity contribution in [1.82, 2.24) is 9.97 Å². The quantitative estimate of drug-likeness (QED) is 0.629. The molecule has 82 valence electrons. The van der Waals surface area contributed by atoms with Crippen LogP contribution in [0.3, 0.4) is 0 Å². The summed E-state index contributed by atoms with van der Waals surface area (Å²) in [6.07, 6.45) is 7.75. The molecule has 0 aliphatic heterocycles. The second-order valence-corrected chi connectivity index (χ2v) is 4.90. The predicted molar refractivity (Wildman–Crippen MR) is 64.2 cm³/mol. The molecule has 1 aromatic heterocycles. The third-order valence-corrected chi connectivity index (χ3v) is 3.73. The first-order chi connectivity index (χ1) is 7.29. The normalized spacial score (nSPS) is 18.3. The van der Waals surface area contributed by atoms with E-state index >= 15 is 0 Å². The minimum Gasteiger partial charge on any atom is -0.367 e. The second-order valence-electron chi connectivity index (χ2n) is 4.07. The van der Waals surface area contributed by atoms with Crippen LogP contribution in [0.5, 0.6) is 0 Å². The van der Waals surface area contributed by atoms with Gasteiger partial charge in [-0.2, -0.15) is 0 Å². The van der Waals surface area contributed by atoms with E-state index in [2.05, 4.69) is 22.2 Å². The highest BCUT2D eigenvalue weighted by molar-refractivity contribution is 7.98. The molecule has 0 saturated heterocycles. The number of nitrogens with zero attached hydrogens (tertiary/aromatic N) is 2. The molecule has 1 heterocycles. The van der Waals surface area contributed by atoms with Crippen molar-refractivity contribution in [2.75, 3.05) is 11.6 Å². The summed E-state index contributed by atoms with van der Waals surface area (Å²) in [5.74, 6) is 1.78. The Morgan fingerprint density at radius 1 is 1.47 bits per heavy atom. The van der Waals surface area contributed by atoms with Crippen LogP contribution in [0, 0.1) is 5.92 Å². The van der Waals surface area contributed by atoms with Gasteiger partial charge in [-0.25, -0.2) is 9.97 Å². The molecule has 1 aromatic rings. The fourth-order valence-electron chi connectivity index (χ4n) is 1.82. The summed E-state index contributed by atoms with van der Waals surface area (Å²) >= 11 is 1.65. The molecule has 4 heteroatoms. The number of nitrogens with one attached hydrogen (secondary N) is 1. The fourth-order valence-corrected chi connectivity index (χ4v) is 2.20. The van der Waals surface area contributed by atoms with Gasteiger partial charge in [-0.15, -0.1) is 11.8 Å². The molecule has 0 spiro atoms. The molecule has 1 fully saturated rings. The maximum Gasteiger partial charge on any atom is 0.130 e. The van der Waals surface area contributed by atoms with Gasteiger partial charge in [0.05, 0.1) is 0 Å². The first-order valence-corrected chi connectivity index (χ1v) is 6.64. The standard InChI is InChI=1S/C11H17N3S/c1-8(9-4-3-5-9)14-10-6-11(15-2)13-7-12-10/h6-9H,3-5H2,1-2H3,(H,12,13,14). The highest BCUT2D eigenvalue weighted by Crippen LogP contribution is 2.30. The van der Waals surface area contributed by atoms with E-state index in [1.165, 1.54) is 19.3 Å². The van der Waals surface area contributed by atoms with E-state index < -0.39 is 0 Å². The molecule has 1 saturated carbocycles. The number of anilines is 1. The van der Waals surface area contributed by atoms with Gasteiger partial charge in [0.15, 0.2) is 0 Å². The van der Waals surface area contributed by atoms with E-state index in [4.69, 9.17) is 0 Å². The Bertz CT molecular complexity index is 325. The minimum atomic E-state index is 0.531. The summed E-state index contributed by atoms with van der Waals surface area (Å²) in [4.78, 5) is 8.39. The first-order valence-electron chi connectivity index (χ1n) is 5.42. The monoisotopic (exact) mass is 223 g/mol. The number of rotatable bonds is 4. The molecule has 15 heavy (non-hydrogen) atoms. The van der Waals surface area contributed by atoms with E-state index in [1.54, 1.807) is 18.1 Å². The van der Waals surface area contributed by atoms with E-state index in [-0.39, 0.29) is 0 Å². The maximum absolute atomic E-state index is 4.23. The van der Waals surface area contributed by atoms with Gasteiger partial charge in [0.1, 0.15) is 17.2 Å². The highest BCUT2D eigenvalue weighted by atomic mass is 32.2. The number of thioether (sulfide) groups is 1. The Labute approximate surface area is 95.1 Å². The molecule has 0 radical (unpaired) electrons. The van der Waals surface area contributed by atoms with Gasteiger partial charge in [0.25, 0.3) is 0 Å². The molecule has 1 N–H and O–H groups in total. The minimum absolute atomic E-state index is 0.531. The molecule has 0 aromatic carbocycles. The van der Waals surface area contributed by atoms with Crippen LogP contribution in [0.4, 0.5) is 5.82 Å². The van der Waals surface area contributed by atoms with Crippen molar-refractivity contribution in [1.29, 1.82) is 0 Å². The Kier molecular flexibility index (Phi) is 3.46. The van der Waals surface area contributed by atoms with Gasteiger partial charge in [-0.05, 0) is 31.9 Å². The summed E-state index contributed by atoms with van der Waals surface area (Å²) in [5.41, 5.74) is 0. The van der Waals surface area contributed by atoms with Gasteiger partial charge in [-0.1, -0.05) is 6.42 Å². The van der Waals surface area contributed by atoms with Gasteiger partial charge in [-0.3, -0.25) is 0 Å². The van der Waals surface area contributed by atoms with Crippen molar-refractivity contribution in [3.05, 3.63) is 12.4 Å². The van der Waals surface area contributed by atoms with Crippen molar-refractivity contribution in [2.24, 2.45) is 5.92 Å². The van der Waals surface area contributed by atoms with Crippen LogP contribution in [0.25, 0.3) is 0 Å². The zero-order valence-corrected chi connectivity index (χ0v) is 10.0. The number of hydrogen-bond acceptors (Lipinski definition) is 4.